The van der Waals surface area contributed by atoms with Gasteiger partial charge in [0.25, 0.3) is 0 Å². The molecule has 92 valence electrons. The van der Waals surface area contributed by atoms with Crippen molar-refractivity contribution in [1.29, 1.82) is 0 Å². The molecular formula is C15H21NO. The molecule has 0 aliphatic heterocycles. The molecule has 0 spiro atoms. The second-order valence-corrected chi connectivity index (χ2v) is 5.58. The Morgan fingerprint density at radius 2 is 1.88 bits per heavy atom. The molecule has 2 aromatic rings. The van der Waals surface area contributed by atoms with Crippen molar-refractivity contribution < 1.29 is 5.11 Å². The highest BCUT2D eigenvalue weighted by Crippen LogP contribution is 2.28. The number of aromatic nitrogens is 1. The van der Waals surface area contributed by atoms with Crippen LogP contribution in [0.3, 0.4) is 0 Å². The van der Waals surface area contributed by atoms with E-state index in [0.29, 0.717) is 0 Å². The van der Waals surface area contributed by atoms with Gasteiger partial charge in [-0.15, -0.1) is 0 Å². The van der Waals surface area contributed by atoms with E-state index in [4.69, 9.17) is 0 Å². The van der Waals surface area contributed by atoms with Crippen LogP contribution in [0.2, 0.25) is 0 Å². The number of hydrogen-bond donors (Lipinski definition) is 1. The standard InChI is InChI=1S/C15H21NO/c1-5-13-8-11-6-7-12(15(2,3)4)9-14(11)16(13)10-17/h6-9,17H,5,10H2,1-4H3. The molecule has 0 aliphatic carbocycles. The summed E-state index contributed by atoms with van der Waals surface area (Å²) in [6.07, 6.45) is 0.945. The molecule has 0 saturated carbocycles. The first-order valence-electron chi connectivity index (χ1n) is 6.21. The maximum absolute atomic E-state index is 9.49. The monoisotopic (exact) mass is 231 g/mol. The molecule has 2 rings (SSSR count). The van der Waals surface area contributed by atoms with Crippen molar-refractivity contribution in [1.82, 2.24) is 4.57 Å². The number of rotatable bonds is 2. The summed E-state index contributed by atoms with van der Waals surface area (Å²) in [4.78, 5) is 0. The molecule has 2 heteroatoms. The Labute approximate surface area is 103 Å². The highest BCUT2D eigenvalue weighted by Gasteiger charge is 2.15. The van der Waals surface area contributed by atoms with Gasteiger partial charge in [0, 0.05) is 5.69 Å². The molecule has 0 unspecified atom stereocenters. The van der Waals surface area contributed by atoms with Crippen molar-refractivity contribution in [3.8, 4) is 0 Å². The SMILES string of the molecule is CCc1cc2ccc(C(C)(C)C)cc2n1CO. The van der Waals surface area contributed by atoms with Crippen LogP contribution in [0, 0.1) is 0 Å². The first-order chi connectivity index (χ1) is 7.97. The van der Waals surface area contributed by atoms with Crippen LogP contribution in [0.5, 0.6) is 0 Å². The van der Waals surface area contributed by atoms with Crippen LogP contribution < -0.4 is 0 Å². The highest BCUT2D eigenvalue weighted by atomic mass is 16.3. The smallest absolute Gasteiger partial charge is 0.119 e. The summed E-state index contributed by atoms with van der Waals surface area (Å²) >= 11 is 0. The molecule has 2 nitrogen and oxygen atoms in total. The second kappa shape index (κ2) is 4.19. The summed E-state index contributed by atoms with van der Waals surface area (Å²) in [5.41, 5.74) is 3.77. The van der Waals surface area contributed by atoms with Gasteiger partial charge in [-0.25, -0.2) is 0 Å². The van der Waals surface area contributed by atoms with Crippen LogP contribution in [-0.2, 0) is 18.6 Å². The lowest BCUT2D eigenvalue weighted by Crippen LogP contribution is -2.11. The minimum Gasteiger partial charge on any atom is -0.376 e. The molecular weight excluding hydrogens is 210 g/mol. The van der Waals surface area contributed by atoms with E-state index >= 15 is 0 Å². The zero-order valence-electron chi connectivity index (χ0n) is 11.1. The lowest BCUT2D eigenvalue weighted by atomic mass is 9.87. The largest absolute Gasteiger partial charge is 0.376 e. The van der Waals surface area contributed by atoms with E-state index in [-0.39, 0.29) is 12.1 Å². The van der Waals surface area contributed by atoms with Crippen molar-refractivity contribution in [3.63, 3.8) is 0 Å². The predicted octanol–water partition coefficient (Wildman–Crippen LogP) is 3.45. The van der Waals surface area contributed by atoms with Gasteiger partial charge in [-0.3, -0.25) is 0 Å². The zero-order chi connectivity index (χ0) is 12.6. The van der Waals surface area contributed by atoms with Gasteiger partial charge in [-0.2, -0.15) is 0 Å². The van der Waals surface area contributed by atoms with Crippen LogP contribution >= 0.6 is 0 Å². The van der Waals surface area contributed by atoms with E-state index in [1.54, 1.807) is 0 Å². The molecule has 17 heavy (non-hydrogen) atoms. The van der Waals surface area contributed by atoms with E-state index in [0.717, 1.165) is 11.9 Å². The molecule has 1 aromatic carbocycles. The van der Waals surface area contributed by atoms with Crippen molar-refractivity contribution in [2.24, 2.45) is 0 Å². The van der Waals surface area contributed by atoms with E-state index in [9.17, 15) is 5.11 Å². The third-order valence-corrected chi connectivity index (χ3v) is 3.36. The molecule has 0 radical (unpaired) electrons. The van der Waals surface area contributed by atoms with Gasteiger partial charge in [0.2, 0.25) is 0 Å². The number of fused-ring (bicyclic) bond motifs is 1. The molecule has 0 atom stereocenters. The van der Waals surface area contributed by atoms with Gasteiger partial charge < -0.3 is 9.67 Å². The number of aryl methyl sites for hydroxylation is 1. The Kier molecular flexibility index (Phi) is 3.00. The Hall–Kier alpha value is -1.28. The fourth-order valence-corrected chi connectivity index (χ4v) is 2.24. The Morgan fingerprint density at radius 1 is 1.18 bits per heavy atom. The molecule has 1 heterocycles. The van der Waals surface area contributed by atoms with Crippen molar-refractivity contribution in [2.75, 3.05) is 0 Å². The summed E-state index contributed by atoms with van der Waals surface area (Å²) in [6, 6.07) is 8.70. The minimum absolute atomic E-state index is 0.0558. The predicted molar refractivity (Wildman–Crippen MR) is 72.2 cm³/mol. The van der Waals surface area contributed by atoms with Crippen molar-refractivity contribution in [3.05, 3.63) is 35.5 Å². The molecule has 0 aliphatic rings. The van der Waals surface area contributed by atoms with Gasteiger partial charge in [0.15, 0.2) is 0 Å². The average molecular weight is 231 g/mol. The Morgan fingerprint density at radius 3 is 2.41 bits per heavy atom. The lowest BCUT2D eigenvalue weighted by molar-refractivity contribution is 0.212. The summed E-state index contributed by atoms with van der Waals surface area (Å²) in [5.74, 6) is 0. The second-order valence-electron chi connectivity index (χ2n) is 5.58. The fourth-order valence-electron chi connectivity index (χ4n) is 2.24. The first-order valence-corrected chi connectivity index (χ1v) is 6.21. The van der Waals surface area contributed by atoms with Gasteiger partial charge >= 0.3 is 0 Å². The highest BCUT2D eigenvalue weighted by molar-refractivity contribution is 5.82. The third-order valence-electron chi connectivity index (χ3n) is 3.36. The van der Waals surface area contributed by atoms with Crippen LogP contribution in [0.4, 0.5) is 0 Å². The quantitative estimate of drug-likeness (QED) is 0.841. The summed E-state index contributed by atoms with van der Waals surface area (Å²) in [7, 11) is 0. The number of hydrogen-bond acceptors (Lipinski definition) is 1. The zero-order valence-corrected chi connectivity index (χ0v) is 11.1. The summed E-state index contributed by atoms with van der Waals surface area (Å²) in [6.45, 7) is 8.80. The van der Waals surface area contributed by atoms with Gasteiger partial charge in [-0.05, 0) is 34.9 Å². The van der Waals surface area contributed by atoms with Crippen molar-refractivity contribution in [2.45, 2.75) is 46.3 Å². The number of benzene rings is 1. The fraction of sp³-hybridized carbons (Fsp3) is 0.467. The lowest BCUT2D eigenvalue weighted by Gasteiger charge is -2.19. The van der Waals surface area contributed by atoms with E-state index in [2.05, 4.69) is 52.0 Å². The van der Waals surface area contributed by atoms with Gasteiger partial charge in [0.05, 0.1) is 5.52 Å². The van der Waals surface area contributed by atoms with Crippen LogP contribution in [0.15, 0.2) is 24.3 Å². The topological polar surface area (TPSA) is 25.2 Å². The maximum atomic E-state index is 9.49. The summed E-state index contributed by atoms with van der Waals surface area (Å²) < 4.78 is 1.99. The molecule has 0 fully saturated rings. The maximum Gasteiger partial charge on any atom is 0.119 e. The van der Waals surface area contributed by atoms with E-state index < -0.39 is 0 Å². The third kappa shape index (κ3) is 2.09. The summed E-state index contributed by atoms with van der Waals surface area (Å²) in [5, 5.41) is 10.7. The molecule has 0 amide bonds. The van der Waals surface area contributed by atoms with Gasteiger partial charge in [-0.1, -0.05) is 39.8 Å². The number of nitrogens with zero attached hydrogens (tertiary/aromatic N) is 1. The number of aliphatic hydroxyl groups excluding tert-OH is 1. The number of aliphatic hydroxyl groups is 1. The van der Waals surface area contributed by atoms with Crippen molar-refractivity contribution >= 4 is 10.9 Å². The molecule has 0 saturated heterocycles. The Bertz CT molecular complexity index is 532. The molecule has 0 bridgehead atoms. The van der Waals surface area contributed by atoms with Crippen LogP contribution in [0.1, 0.15) is 39.0 Å². The Balaban J connectivity index is 2.67. The van der Waals surface area contributed by atoms with Gasteiger partial charge in [0.1, 0.15) is 6.73 Å². The van der Waals surface area contributed by atoms with Crippen LogP contribution in [0.25, 0.3) is 10.9 Å². The first kappa shape index (κ1) is 12.2. The normalized spacial score (nSPS) is 12.3. The van der Waals surface area contributed by atoms with Crippen LogP contribution in [-0.4, -0.2) is 9.67 Å². The molecule has 1 N–H and O–H groups in total. The molecule has 1 aromatic heterocycles. The van der Waals surface area contributed by atoms with E-state index in [1.807, 2.05) is 4.57 Å². The van der Waals surface area contributed by atoms with E-state index in [1.165, 1.54) is 16.6 Å². The average Bonchev–Trinajstić information content (AvgIpc) is 2.64. The minimum atomic E-state index is 0.0558.